The predicted octanol–water partition coefficient (Wildman–Crippen LogP) is 5.13. The summed E-state index contributed by atoms with van der Waals surface area (Å²) in [5.41, 5.74) is 2.85. The quantitative estimate of drug-likeness (QED) is 0.461. The first kappa shape index (κ1) is 22.1. The van der Waals surface area contributed by atoms with E-state index in [1.807, 2.05) is 41.3 Å². The lowest BCUT2D eigenvalue weighted by molar-refractivity contribution is -0.126. The Morgan fingerprint density at radius 2 is 1.57 bits per heavy atom. The molecule has 0 bridgehead atoms. The number of rotatable bonds is 3. The number of benzene rings is 3. The number of fused-ring (bicyclic) bond motifs is 5. The van der Waals surface area contributed by atoms with Crippen LogP contribution in [-0.2, 0) is 14.4 Å². The fraction of sp³-hybridized carbons (Fsp3) is 0.148. The van der Waals surface area contributed by atoms with Gasteiger partial charge in [0.15, 0.2) is 0 Å². The molecule has 3 heterocycles. The minimum atomic E-state index is -0.858. The van der Waals surface area contributed by atoms with E-state index < -0.39 is 23.9 Å². The summed E-state index contributed by atoms with van der Waals surface area (Å²) < 4.78 is 0.846. The van der Waals surface area contributed by atoms with Crippen molar-refractivity contribution in [3.63, 3.8) is 0 Å². The predicted molar refractivity (Wildman–Crippen MR) is 139 cm³/mol. The number of halogens is 2. The Kier molecular flexibility index (Phi) is 5.27. The molecule has 0 aliphatic carbocycles. The van der Waals surface area contributed by atoms with E-state index in [1.54, 1.807) is 48.5 Å². The van der Waals surface area contributed by atoms with Crippen molar-refractivity contribution in [2.45, 2.75) is 12.1 Å². The number of nitrogens with one attached hydrogen (secondary N) is 1. The second-order valence-electron chi connectivity index (χ2n) is 8.80. The van der Waals surface area contributed by atoms with Crippen LogP contribution in [0, 0.1) is 11.8 Å². The Balaban J connectivity index is 1.43. The van der Waals surface area contributed by atoms with Crippen LogP contribution in [0.15, 0.2) is 83.3 Å². The molecule has 6 rings (SSSR count). The van der Waals surface area contributed by atoms with Crippen LogP contribution in [0.4, 0.5) is 17.1 Å². The van der Waals surface area contributed by atoms with Crippen LogP contribution < -0.4 is 15.1 Å². The fourth-order valence-corrected chi connectivity index (χ4v) is 5.80. The Morgan fingerprint density at radius 1 is 0.886 bits per heavy atom. The van der Waals surface area contributed by atoms with Crippen LogP contribution in [0.2, 0.25) is 5.02 Å². The smallest absolute Gasteiger partial charge is 0.247 e. The van der Waals surface area contributed by atoms with Crippen LogP contribution >= 0.6 is 27.5 Å². The maximum atomic E-state index is 13.8. The zero-order valence-corrected chi connectivity index (χ0v) is 20.6. The highest BCUT2D eigenvalue weighted by molar-refractivity contribution is 9.10. The van der Waals surface area contributed by atoms with Gasteiger partial charge in [-0.1, -0.05) is 57.9 Å². The van der Waals surface area contributed by atoms with Crippen LogP contribution in [0.3, 0.4) is 0 Å². The van der Waals surface area contributed by atoms with E-state index in [0.29, 0.717) is 16.4 Å². The molecule has 3 aromatic carbocycles. The summed E-state index contributed by atoms with van der Waals surface area (Å²) in [6, 6.07) is 20.3. The molecule has 0 radical (unpaired) electrons. The fourth-order valence-electron chi connectivity index (χ4n) is 5.41. The lowest BCUT2D eigenvalue weighted by Crippen LogP contribution is -2.50. The highest BCUT2D eigenvalue weighted by Crippen LogP contribution is 2.49. The second-order valence-corrected chi connectivity index (χ2v) is 10.1. The van der Waals surface area contributed by atoms with Crippen molar-refractivity contribution in [1.82, 2.24) is 0 Å². The SMILES string of the molecule is O=C(Nc1ccc(Cl)cc1)C1C2C(=O)N(c3ccc(Br)cc3)C(=O)C2C2C=Cc3ccccc3N21. The van der Waals surface area contributed by atoms with Gasteiger partial charge in [-0.25, -0.2) is 4.90 Å². The summed E-state index contributed by atoms with van der Waals surface area (Å²) in [6.07, 6.45) is 3.90. The molecule has 0 spiro atoms. The molecule has 174 valence electrons. The Labute approximate surface area is 215 Å². The van der Waals surface area contributed by atoms with Gasteiger partial charge in [-0.2, -0.15) is 0 Å². The van der Waals surface area contributed by atoms with E-state index in [2.05, 4.69) is 21.2 Å². The molecule has 0 saturated carbocycles. The van der Waals surface area contributed by atoms with E-state index in [0.717, 1.165) is 15.7 Å². The summed E-state index contributed by atoms with van der Waals surface area (Å²) in [5.74, 6) is -2.48. The zero-order chi connectivity index (χ0) is 24.3. The monoisotopic (exact) mass is 547 g/mol. The normalized spacial score (nSPS) is 24.3. The number of carbonyl (C=O) groups excluding carboxylic acids is 3. The third-order valence-corrected chi connectivity index (χ3v) is 7.66. The first-order chi connectivity index (χ1) is 16.9. The molecular weight excluding hydrogens is 530 g/mol. The van der Waals surface area contributed by atoms with Crippen molar-refractivity contribution in [1.29, 1.82) is 0 Å². The van der Waals surface area contributed by atoms with Gasteiger partial charge >= 0.3 is 0 Å². The van der Waals surface area contributed by atoms with Crippen LogP contribution in [0.1, 0.15) is 5.56 Å². The molecule has 4 atom stereocenters. The maximum Gasteiger partial charge on any atom is 0.247 e. The largest absolute Gasteiger partial charge is 0.351 e. The molecule has 8 heteroatoms. The second kappa shape index (κ2) is 8.36. The summed E-state index contributed by atoms with van der Waals surface area (Å²) >= 11 is 9.39. The van der Waals surface area contributed by atoms with Crippen molar-refractivity contribution in [3.05, 3.63) is 93.9 Å². The number of imide groups is 1. The highest BCUT2D eigenvalue weighted by atomic mass is 79.9. The third-order valence-electron chi connectivity index (χ3n) is 6.88. The average molecular weight is 549 g/mol. The van der Waals surface area contributed by atoms with Gasteiger partial charge < -0.3 is 10.2 Å². The van der Waals surface area contributed by atoms with Crippen LogP contribution in [0.25, 0.3) is 6.08 Å². The van der Waals surface area contributed by atoms with Crippen molar-refractivity contribution < 1.29 is 14.4 Å². The molecule has 3 aliphatic rings. The van der Waals surface area contributed by atoms with Gasteiger partial charge in [0.2, 0.25) is 17.7 Å². The van der Waals surface area contributed by atoms with E-state index >= 15 is 0 Å². The van der Waals surface area contributed by atoms with Crippen LogP contribution in [0.5, 0.6) is 0 Å². The molecule has 35 heavy (non-hydrogen) atoms. The van der Waals surface area contributed by atoms with E-state index in [9.17, 15) is 14.4 Å². The van der Waals surface area contributed by atoms with E-state index in [1.165, 1.54) is 4.90 Å². The van der Waals surface area contributed by atoms with Gasteiger partial charge in [-0.15, -0.1) is 0 Å². The van der Waals surface area contributed by atoms with Gasteiger partial charge in [0.05, 0.1) is 23.6 Å². The first-order valence-corrected chi connectivity index (χ1v) is 12.4. The molecule has 6 nitrogen and oxygen atoms in total. The van der Waals surface area contributed by atoms with Gasteiger partial charge in [0.25, 0.3) is 0 Å². The van der Waals surface area contributed by atoms with Crippen molar-refractivity contribution in [2.24, 2.45) is 11.8 Å². The van der Waals surface area contributed by atoms with Gasteiger partial charge in [-0.05, 0) is 60.2 Å². The number of amides is 3. The van der Waals surface area contributed by atoms with Crippen molar-refractivity contribution in [2.75, 3.05) is 15.1 Å². The lowest BCUT2D eigenvalue weighted by Gasteiger charge is -2.36. The van der Waals surface area contributed by atoms with Gasteiger partial charge in [0, 0.05) is 20.9 Å². The van der Waals surface area contributed by atoms with Crippen molar-refractivity contribution >= 4 is 68.4 Å². The maximum absolute atomic E-state index is 13.8. The molecule has 2 fully saturated rings. The minimum absolute atomic E-state index is 0.289. The van der Waals surface area contributed by atoms with E-state index in [-0.39, 0.29) is 17.7 Å². The molecule has 3 aromatic rings. The Hall–Kier alpha value is -3.42. The summed E-state index contributed by atoms with van der Waals surface area (Å²) in [4.78, 5) is 44.4. The molecule has 4 unspecified atom stereocenters. The van der Waals surface area contributed by atoms with Crippen LogP contribution in [-0.4, -0.2) is 29.8 Å². The van der Waals surface area contributed by atoms with Gasteiger partial charge in [0.1, 0.15) is 6.04 Å². The lowest BCUT2D eigenvalue weighted by atomic mass is 9.88. The molecule has 3 amide bonds. The molecule has 0 aromatic heterocycles. The van der Waals surface area contributed by atoms with Crippen molar-refractivity contribution in [3.8, 4) is 0 Å². The molecular formula is C27H19BrClN3O3. The zero-order valence-electron chi connectivity index (χ0n) is 18.3. The number of anilines is 3. The summed E-state index contributed by atoms with van der Waals surface area (Å²) in [5, 5.41) is 3.49. The number of nitrogens with zero attached hydrogens (tertiary/aromatic N) is 2. The first-order valence-electron chi connectivity index (χ1n) is 11.2. The average Bonchev–Trinajstić information content (AvgIpc) is 3.34. The number of carbonyl (C=O) groups is 3. The Morgan fingerprint density at radius 3 is 2.31 bits per heavy atom. The molecule has 2 saturated heterocycles. The number of hydrogen-bond donors (Lipinski definition) is 1. The summed E-state index contributed by atoms with van der Waals surface area (Å²) in [6.45, 7) is 0. The third kappa shape index (κ3) is 3.49. The summed E-state index contributed by atoms with van der Waals surface area (Å²) in [7, 11) is 0. The standard InChI is InChI=1S/C27H19BrClN3O3/c28-16-6-12-19(13-7-16)31-26(34)22-21-14-5-15-3-1-2-4-20(15)32(21)24(23(22)27(31)35)25(33)30-18-10-8-17(29)9-11-18/h1-14,21-24H,(H,30,33). The topological polar surface area (TPSA) is 69.7 Å². The highest BCUT2D eigenvalue weighted by Gasteiger charge is 2.64. The van der Waals surface area contributed by atoms with E-state index in [4.69, 9.17) is 11.6 Å². The number of hydrogen-bond acceptors (Lipinski definition) is 4. The minimum Gasteiger partial charge on any atom is -0.351 e. The van der Waals surface area contributed by atoms with Gasteiger partial charge in [-0.3, -0.25) is 14.4 Å². The Bertz CT molecular complexity index is 1390. The molecule has 3 aliphatic heterocycles. The number of para-hydroxylation sites is 1. The molecule has 1 N–H and O–H groups in total.